The van der Waals surface area contributed by atoms with Crippen molar-refractivity contribution in [2.75, 3.05) is 7.11 Å². The Labute approximate surface area is 141 Å². The van der Waals surface area contributed by atoms with Crippen LogP contribution in [0.4, 0.5) is 0 Å². The van der Waals surface area contributed by atoms with Gasteiger partial charge in [-0.05, 0) is 35.4 Å². The summed E-state index contributed by atoms with van der Waals surface area (Å²) in [6, 6.07) is 27.7. The molecule has 0 aliphatic carbocycles. The Morgan fingerprint density at radius 3 is 1.71 bits per heavy atom. The molecule has 0 aromatic heterocycles. The first-order valence-electron chi connectivity index (χ1n) is 7.79. The van der Waals surface area contributed by atoms with Gasteiger partial charge in [-0.2, -0.15) is 0 Å². The quantitative estimate of drug-likeness (QED) is 0.421. The van der Waals surface area contributed by atoms with E-state index in [4.69, 9.17) is 4.74 Å². The summed E-state index contributed by atoms with van der Waals surface area (Å²) < 4.78 is 5.21. The van der Waals surface area contributed by atoms with Crippen molar-refractivity contribution in [2.24, 2.45) is 5.16 Å². The molecule has 0 heterocycles. The molecular formula is C21H19NO2. The van der Waals surface area contributed by atoms with Crippen molar-refractivity contribution in [2.45, 2.75) is 5.92 Å². The van der Waals surface area contributed by atoms with Gasteiger partial charge in [-0.3, -0.25) is 0 Å². The zero-order chi connectivity index (χ0) is 16.8. The van der Waals surface area contributed by atoms with Crippen LogP contribution in [0.1, 0.15) is 22.6 Å². The highest BCUT2D eigenvalue weighted by Gasteiger charge is 2.22. The molecule has 120 valence electrons. The van der Waals surface area contributed by atoms with E-state index >= 15 is 0 Å². The van der Waals surface area contributed by atoms with Crippen LogP contribution in [0, 0.1) is 0 Å². The summed E-state index contributed by atoms with van der Waals surface area (Å²) >= 11 is 0. The van der Waals surface area contributed by atoms with Gasteiger partial charge in [-0.15, -0.1) is 0 Å². The second kappa shape index (κ2) is 7.47. The lowest BCUT2D eigenvalue weighted by molar-refractivity contribution is 0.317. The van der Waals surface area contributed by atoms with Crippen LogP contribution in [-0.2, 0) is 0 Å². The van der Waals surface area contributed by atoms with Gasteiger partial charge in [-0.1, -0.05) is 65.8 Å². The molecule has 0 atom stereocenters. The summed E-state index contributed by atoms with van der Waals surface area (Å²) in [6.45, 7) is 0. The number of hydrogen-bond donors (Lipinski definition) is 1. The first-order chi connectivity index (χ1) is 11.8. The van der Waals surface area contributed by atoms with Crippen molar-refractivity contribution in [3.05, 3.63) is 102 Å². The molecule has 0 amide bonds. The molecule has 0 saturated heterocycles. The van der Waals surface area contributed by atoms with Crippen LogP contribution in [-0.4, -0.2) is 18.0 Å². The summed E-state index contributed by atoms with van der Waals surface area (Å²) in [5.41, 5.74) is 3.62. The second-order valence-electron chi connectivity index (χ2n) is 5.47. The molecule has 3 heteroatoms. The smallest absolute Gasteiger partial charge is 0.118 e. The van der Waals surface area contributed by atoms with Crippen LogP contribution in [0.5, 0.6) is 5.75 Å². The van der Waals surface area contributed by atoms with E-state index in [-0.39, 0.29) is 5.92 Å². The molecule has 0 aliphatic rings. The highest BCUT2D eigenvalue weighted by atomic mass is 16.5. The van der Waals surface area contributed by atoms with Gasteiger partial charge in [0, 0.05) is 5.56 Å². The van der Waals surface area contributed by atoms with Crippen molar-refractivity contribution in [3.8, 4) is 5.75 Å². The Morgan fingerprint density at radius 1 is 0.792 bits per heavy atom. The van der Waals surface area contributed by atoms with Gasteiger partial charge in [0.1, 0.15) is 5.75 Å². The van der Waals surface area contributed by atoms with Crippen LogP contribution in [0.2, 0.25) is 0 Å². The Morgan fingerprint density at radius 2 is 1.29 bits per heavy atom. The molecule has 0 saturated carbocycles. The highest BCUT2D eigenvalue weighted by molar-refractivity contribution is 6.06. The van der Waals surface area contributed by atoms with E-state index in [1.54, 1.807) is 7.11 Å². The second-order valence-corrected chi connectivity index (χ2v) is 5.47. The molecule has 0 unspecified atom stereocenters. The third kappa shape index (κ3) is 3.30. The summed E-state index contributed by atoms with van der Waals surface area (Å²) in [5, 5.41) is 13.4. The van der Waals surface area contributed by atoms with Gasteiger partial charge in [-0.25, -0.2) is 0 Å². The average molecular weight is 317 g/mol. The molecule has 0 aliphatic heterocycles. The van der Waals surface area contributed by atoms with Gasteiger partial charge in [0.15, 0.2) is 0 Å². The predicted molar refractivity (Wildman–Crippen MR) is 96.0 cm³/mol. The molecule has 1 N–H and O–H groups in total. The molecule has 3 aromatic carbocycles. The summed E-state index contributed by atoms with van der Waals surface area (Å²) in [5.74, 6) is 0.623. The fourth-order valence-corrected chi connectivity index (χ4v) is 2.84. The third-order valence-electron chi connectivity index (χ3n) is 4.03. The molecule has 3 nitrogen and oxygen atoms in total. The topological polar surface area (TPSA) is 41.8 Å². The van der Waals surface area contributed by atoms with Crippen LogP contribution in [0.25, 0.3) is 0 Å². The van der Waals surface area contributed by atoms with E-state index in [1.165, 1.54) is 0 Å². The van der Waals surface area contributed by atoms with Crippen LogP contribution < -0.4 is 4.74 Å². The summed E-state index contributed by atoms with van der Waals surface area (Å²) in [7, 11) is 1.63. The van der Waals surface area contributed by atoms with Crippen molar-refractivity contribution < 1.29 is 9.94 Å². The maximum atomic E-state index is 9.76. The standard InChI is InChI=1S/C21H19NO2/c1-24-19-14-12-18(13-15-19)21(22-23)20(16-8-4-2-5-9-16)17-10-6-3-7-11-17/h2-15,20,23H,1H3. The number of rotatable bonds is 5. The zero-order valence-electron chi connectivity index (χ0n) is 13.5. The maximum Gasteiger partial charge on any atom is 0.118 e. The van der Waals surface area contributed by atoms with Crippen molar-refractivity contribution >= 4 is 5.71 Å². The van der Waals surface area contributed by atoms with E-state index in [9.17, 15) is 5.21 Å². The number of methoxy groups -OCH3 is 1. The Hall–Kier alpha value is -3.07. The first kappa shape index (κ1) is 15.8. The average Bonchev–Trinajstić information content (AvgIpc) is 2.67. The number of benzene rings is 3. The van der Waals surface area contributed by atoms with E-state index in [0.717, 1.165) is 22.4 Å². The van der Waals surface area contributed by atoms with E-state index in [1.807, 2.05) is 84.9 Å². The van der Waals surface area contributed by atoms with Crippen LogP contribution in [0.3, 0.4) is 0 Å². The zero-order valence-corrected chi connectivity index (χ0v) is 13.5. The van der Waals surface area contributed by atoms with E-state index in [2.05, 4.69) is 5.16 Å². The molecule has 0 bridgehead atoms. The summed E-state index contributed by atoms with van der Waals surface area (Å²) in [6.07, 6.45) is 0. The lowest BCUT2D eigenvalue weighted by Gasteiger charge is -2.20. The summed E-state index contributed by atoms with van der Waals surface area (Å²) in [4.78, 5) is 0. The van der Waals surface area contributed by atoms with E-state index in [0.29, 0.717) is 5.71 Å². The minimum absolute atomic E-state index is 0.147. The minimum atomic E-state index is -0.147. The Balaban J connectivity index is 2.09. The molecule has 0 radical (unpaired) electrons. The lowest BCUT2D eigenvalue weighted by atomic mass is 9.84. The van der Waals surface area contributed by atoms with Gasteiger partial charge < -0.3 is 9.94 Å². The van der Waals surface area contributed by atoms with Gasteiger partial charge in [0.2, 0.25) is 0 Å². The van der Waals surface area contributed by atoms with Crippen molar-refractivity contribution in [1.29, 1.82) is 0 Å². The number of ether oxygens (including phenoxy) is 1. The highest BCUT2D eigenvalue weighted by Crippen LogP contribution is 2.29. The van der Waals surface area contributed by atoms with Crippen LogP contribution in [0.15, 0.2) is 90.1 Å². The molecular weight excluding hydrogens is 298 g/mol. The van der Waals surface area contributed by atoms with Crippen molar-refractivity contribution in [3.63, 3.8) is 0 Å². The molecule has 0 spiro atoms. The van der Waals surface area contributed by atoms with Crippen LogP contribution >= 0.6 is 0 Å². The monoisotopic (exact) mass is 317 g/mol. The SMILES string of the molecule is COc1ccc(C(=NO)C(c2ccccc2)c2ccccc2)cc1. The van der Waals surface area contributed by atoms with Crippen molar-refractivity contribution in [1.82, 2.24) is 0 Å². The molecule has 0 fully saturated rings. The van der Waals surface area contributed by atoms with Gasteiger partial charge in [0.25, 0.3) is 0 Å². The van der Waals surface area contributed by atoms with Gasteiger partial charge in [0.05, 0.1) is 18.7 Å². The fourth-order valence-electron chi connectivity index (χ4n) is 2.84. The maximum absolute atomic E-state index is 9.76. The largest absolute Gasteiger partial charge is 0.497 e. The number of oxime groups is 1. The van der Waals surface area contributed by atoms with E-state index < -0.39 is 0 Å². The third-order valence-corrected chi connectivity index (χ3v) is 4.03. The normalized spacial score (nSPS) is 11.5. The number of hydrogen-bond acceptors (Lipinski definition) is 3. The fraction of sp³-hybridized carbons (Fsp3) is 0.0952. The predicted octanol–water partition coefficient (Wildman–Crippen LogP) is 4.71. The first-order valence-corrected chi connectivity index (χ1v) is 7.79. The van der Waals surface area contributed by atoms with Gasteiger partial charge >= 0.3 is 0 Å². The molecule has 3 rings (SSSR count). The Kier molecular flexibility index (Phi) is 4.92. The Bertz CT molecular complexity index is 757. The minimum Gasteiger partial charge on any atom is -0.497 e. The molecule has 24 heavy (non-hydrogen) atoms. The molecule has 3 aromatic rings. The lowest BCUT2D eigenvalue weighted by Crippen LogP contribution is -2.16. The number of nitrogens with zero attached hydrogens (tertiary/aromatic N) is 1.